The molecule has 1 saturated heterocycles. The molecule has 4 aromatic rings. The number of carbonyl (C=O) groups excluding carboxylic acids is 1. The largest absolute Gasteiger partial charge is 0.497 e. The molecule has 1 aliphatic heterocycles. The van der Waals surface area contributed by atoms with Gasteiger partial charge >= 0.3 is 6.09 Å². The van der Waals surface area contributed by atoms with Crippen LogP contribution in [-0.4, -0.2) is 58.6 Å². The lowest BCUT2D eigenvalue weighted by molar-refractivity contribution is 0.172. The highest BCUT2D eigenvalue weighted by atomic mass is 16.6. The second-order valence-corrected chi connectivity index (χ2v) is 8.85. The van der Waals surface area contributed by atoms with Gasteiger partial charge in [-0.1, -0.05) is 0 Å². The Morgan fingerprint density at radius 2 is 1.64 bits per heavy atom. The number of carbonyl (C=O) groups is 1. The Hall–Kier alpha value is -4.09. The second-order valence-electron chi connectivity index (χ2n) is 8.85. The second kappa shape index (κ2) is 9.88. The third-order valence-electron chi connectivity index (χ3n) is 5.78. The number of fused-ring (bicyclic) bond motifs is 2. The Balaban J connectivity index is 0.000000170. The lowest BCUT2D eigenvalue weighted by atomic mass is 10.0. The monoisotopic (exact) mass is 492 g/mol. The first kappa shape index (κ1) is 25.0. The molecule has 4 N–H and O–H groups in total. The number of alkyl carbamates (subject to hydrolysis) is 1. The Morgan fingerprint density at radius 3 is 2.17 bits per heavy atom. The van der Waals surface area contributed by atoms with Gasteiger partial charge in [0.25, 0.3) is 0 Å². The highest BCUT2D eigenvalue weighted by molar-refractivity contribution is 5.80. The Kier molecular flexibility index (Phi) is 6.86. The summed E-state index contributed by atoms with van der Waals surface area (Å²) in [5.41, 5.74) is 5.86. The maximum absolute atomic E-state index is 11.2. The number of cyclic esters (lactones) is 1. The number of rotatable bonds is 5. The van der Waals surface area contributed by atoms with Crippen LogP contribution in [0.1, 0.15) is 25.5 Å². The molecular formula is C25H28N6O5. The van der Waals surface area contributed by atoms with E-state index in [2.05, 4.69) is 25.3 Å². The van der Waals surface area contributed by atoms with Crippen molar-refractivity contribution in [2.45, 2.75) is 24.9 Å². The average Bonchev–Trinajstić information content (AvgIpc) is 3.26. The number of hydrogen-bond donors (Lipinski definition) is 3. The predicted octanol–water partition coefficient (Wildman–Crippen LogP) is 2.40. The van der Waals surface area contributed by atoms with Crippen molar-refractivity contribution in [3.63, 3.8) is 0 Å². The van der Waals surface area contributed by atoms with Crippen molar-refractivity contribution in [1.29, 1.82) is 0 Å². The number of ether oxygens (including phenoxy) is 3. The minimum atomic E-state index is -0.923. The number of amides is 1. The van der Waals surface area contributed by atoms with Gasteiger partial charge in [0.05, 0.1) is 37.4 Å². The number of benzene rings is 2. The number of hydrogen-bond acceptors (Lipinski definition) is 10. The van der Waals surface area contributed by atoms with E-state index in [1.165, 1.54) is 0 Å². The zero-order valence-electron chi connectivity index (χ0n) is 20.5. The maximum Gasteiger partial charge on any atom is 0.408 e. The summed E-state index contributed by atoms with van der Waals surface area (Å²) in [5, 5.41) is 13.7. The molecule has 2 aromatic heterocycles. The molecular weight excluding hydrogens is 464 g/mol. The summed E-state index contributed by atoms with van der Waals surface area (Å²) < 4.78 is 15.2. The summed E-state index contributed by atoms with van der Waals surface area (Å²) in [6.07, 6.45) is 2.96. The molecule has 0 radical (unpaired) electrons. The average molecular weight is 493 g/mol. The van der Waals surface area contributed by atoms with Gasteiger partial charge in [-0.05, 0) is 50.2 Å². The number of nitrogens with one attached hydrogen (secondary N) is 1. The molecule has 1 fully saturated rings. The van der Waals surface area contributed by atoms with E-state index in [0.717, 1.165) is 33.3 Å². The van der Waals surface area contributed by atoms with E-state index in [9.17, 15) is 9.90 Å². The fourth-order valence-corrected chi connectivity index (χ4v) is 3.52. The van der Waals surface area contributed by atoms with Gasteiger partial charge in [-0.3, -0.25) is 0 Å². The van der Waals surface area contributed by atoms with Crippen molar-refractivity contribution in [3.05, 3.63) is 60.4 Å². The molecule has 1 amide bonds. The van der Waals surface area contributed by atoms with Crippen molar-refractivity contribution >= 4 is 27.9 Å². The van der Waals surface area contributed by atoms with Crippen LogP contribution in [0.4, 0.5) is 4.79 Å². The van der Waals surface area contributed by atoms with Crippen LogP contribution in [0.15, 0.2) is 48.8 Å². The van der Waals surface area contributed by atoms with Crippen LogP contribution in [0.5, 0.6) is 11.5 Å². The van der Waals surface area contributed by atoms with Gasteiger partial charge in [-0.15, -0.1) is 0 Å². The van der Waals surface area contributed by atoms with E-state index >= 15 is 0 Å². The van der Waals surface area contributed by atoms with Gasteiger partial charge < -0.3 is 30.4 Å². The standard InChI is InChI=1S/C13H13N3O3.C12H15N3O2/c1-13(7-19-12(17)16-13)11-14-6-8-5-9(18-2)3-4-10(8)15-11;1-12(13,7-16)11-14-6-8-5-9(17-2)3-4-10(8)15-11/h3-6H,7H2,1-2H3,(H,16,17);3-6,16H,7,13H2,1-2H3/t13-;12-/m00/s1. The van der Waals surface area contributed by atoms with Crippen LogP contribution in [0.2, 0.25) is 0 Å². The zero-order valence-corrected chi connectivity index (χ0v) is 20.5. The van der Waals surface area contributed by atoms with Gasteiger partial charge in [-0.2, -0.15) is 0 Å². The molecule has 188 valence electrons. The molecule has 0 unspecified atom stereocenters. The van der Waals surface area contributed by atoms with Crippen molar-refractivity contribution in [2.24, 2.45) is 5.73 Å². The first-order valence-electron chi connectivity index (χ1n) is 11.1. The molecule has 0 aliphatic carbocycles. The van der Waals surface area contributed by atoms with Gasteiger partial charge in [-0.25, -0.2) is 24.7 Å². The molecule has 0 spiro atoms. The molecule has 2 atom stereocenters. The van der Waals surface area contributed by atoms with Gasteiger partial charge in [0, 0.05) is 23.2 Å². The maximum atomic E-state index is 11.2. The number of aliphatic hydroxyl groups excluding tert-OH is 1. The van der Waals surface area contributed by atoms with Crippen LogP contribution in [0, 0.1) is 0 Å². The highest BCUT2D eigenvalue weighted by Crippen LogP contribution is 2.25. The lowest BCUT2D eigenvalue weighted by Gasteiger charge is -2.19. The van der Waals surface area contributed by atoms with Crippen LogP contribution in [-0.2, 0) is 15.8 Å². The highest BCUT2D eigenvalue weighted by Gasteiger charge is 2.39. The number of aromatic nitrogens is 4. The molecule has 5 rings (SSSR count). The molecule has 36 heavy (non-hydrogen) atoms. The molecule has 11 heteroatoms. The first-order valence-corrected chi connectivity index (χ1v) is 11.1. The molecule has 2 aromatic carbocycles. The summed E-state index contributed by atoms with van der Waals surface area (Å²) in [6, 6.07) is 11.1. The summed E-state index contributed by atoms with van der Waals surface area (Å²) in [7, 11) is 3.22. The summed E-state index contributed by atoms with van der Waals surface area (Å²) in [5.74, 6) is 2.48. The van der Waals surface area contributed by atoms with Crippen LogP contribution >= 0.6 is 0 Å². The Bertz CT molecular complexity index is 1410. The van der Waals surface area contributed by atoms with E-state index in [4.69, 9.17) is 19.9 Å². The zero-order chi connectivity index (χ0) is 25.9. The third-order valence-corrected chi connectivity index (χ3v) is 5.78. The normalized spacial score (nSPS) is 18.6. The SMILES string of the molecule is COc1ccc2nc([C@@](C)(N)CO)ncc2c1.COc1ccc2nc([C@]3(C)COC(=O)N3)ncc2c1. The first-order chi connectivity index (χ1) is 17.2. The van der Waals surface area contributed by atoms with E-state index in [1.807, 2.05) is 43.3 Å². The lowest BCUT2D eigenvalue weighted by Crippen LogP contribution is -2.39. The fraction of sp³-hybridized carbons (Fsp3) is 0.320. The van der Waals surface area contributed by atoms with Crippen molar-refractivity contribution < 1.29 is 24.1 Å². The topological polar surface area (TPSA) is 155 Å². The number of aliphatic hydroxyl groups is 1. The van der Waals surface area contributed by atoms with E-state index in [-0.39, 0.29) is 13.2 Å². The molecule has 0 bridgehead atoms. The molecule has 3 heterocycles. The van der Waals surface area contributed by atoms with Crippen molar-refractivity contribution in [3.8, 4) is 11.5 Å². The molecule has 0 saturated carbocycles. The summed E-state index contributed by atoms with van der Waals surface area (Å²) >= 11 is 0. The van der Waals surface area contributed by atoms with E-state index in [0.29, 0.717) is 11.6 Å². The van der Waals surface area contributed by atoms with Crippen LogP contribution in [0.3, 0.4) is 0 Å². The third kappa shape index (κ3) is 5.11. The van der Waals surface area contributed by atoms with Crippen molar-refractivity contribution in [2.75, 3.05) is 27.4 Å². The molecule has 1 aliphatic rings. The minimum Gasteiger partial charge on any atom is -0.497 e. The minimum absolute atomic E-state index is 0.200. The quantitative estimate of drug-likeness (QED) is 0.378. The van der Waals surface area contributed by atoms with Gasteiger partial charge in [0.15, 0.2) is 11.6 Å². The number of nitrogens with two attached hydrogens (primary N) is 1. The van der Waals surface area contributed by atoms with Gasteiger partial charge in [0.2, 0.25) is 0 Å². The summed E-state index contributed by atoms with van der Waals surface area (Å²) in [4.78, 5) is 28.5. The Morgan fingerprint density at radius 1 is 1.06 bits per heavy atom. The van der Waals surface area contributed by atoms with Crippen molar-refractivity contribution in [1.82, 2.24) is 25.3 Å². The van der Waals surface area contributed by atoms with Crippen LogP contribution in [0.25, 0.3) is 21.8 Å². The van der Waals surface area contributed by atoms with Crippen LogP contribution < -0.4 is 20.5 Å². The van der Waals surface area contributed by atoms with E-state index < -0.39 is 17.2 Å². The predicted molar refractivity (Wildman–Crippen MR) is 133 cm³/mol. The van der Waals surface area contributed by atoms with Gasteiger partial charge in [0.1, 0.15) is 23.6 Å². The summed E-state index contributed by atoms with van der Waals surface area (Å²) in [6.45, 7) is 3.56. The Labute approximate surface area is 207 Å². The smallest absolute Gasteiger partial charge is 0.408 e. The van der Waals surface area contributed by atoms with E-state index in [1.54, 1.807) is 33.5 Å². The molecule has 11 nitrogen and oxygen atoms in total. The fourth-order valence-electron chi connectivity index (χ4n) is 3.52. The number of nitrogens with zero attached hydrogens (tertiary/aromatic N) is 4. The number of methoxy groups -OCH3 is 2.